The van der Waals surface area contributed by atoms with Crippen molar-refractivity contribution < 1.29 is 4.79 Å². The van der Waals surface area contributed by atoms with Gasteiger partial charge in [-0.3, -0.25) is 4.79 Å². The molecule has 15 heavy (non-hydrogen) atoms. The quantitative estimate of drug-likeness (QED) is 0.749. The molecule has 2 unspecified atom stereocenters. The van der Waals surface area contributed by atoms with Crippen molar-refractivity contribution in [2.45, 2.75) is 40.2 Å². The number of amides is 1. The van der Waals surface area contributed by atoms with Gasteiger partial charge in [0.1, 0.15) is 0 Å². The Kier molecular flexibility index (Phi) is 4.58. The number of carbonyl (C=O) groups excluding carboxylic acids is 1. The fourth-order valence-corrected chi connectivity index (χ4v) is 2.17. The molecule has 2 atom stereocenters. The van der Waals surface area contributed by atoms with Crippen LogP contribution < -0.4 is 5.32 Å². The second-order valence-electron chi connectivity index (χ2n) is 4.97. The van der Waals surface area contributed by atoms with Crippen LogP contribution in [0.25, 0.3) is 0 Å². The van der Waals surface area contributed by atoms with E-state index in [0.29, 0.717) is 23.8 Å². The minimum atomic E-state index is 0.332. The number of rotatable bonds is 5. The Bertz CT molecular complexity index is 216. The van der Waals surface area contributed by atoms with Crippen LogP contribution in [0.2, 0.25) is 0 Å². The van der Waals surface area contributed by atoms with E-state index in [1.165, 1.54) is 0 Å². The summed E-state index contributed by atoms with van der Waals surface area (Å²) in [5, 5.41) is 3.34. The fraction of sp³-hybridized carbons (Fsp3) is 0.917. The number of hydrogen-bond acceptors (Lipinski definition) is 2. The van der Waals surface area contributed by atoms with Gasteiger partial charge >= 0.3 is 0 Å². The first-order valence-corrected chi connectivity index (χ1v) is 6.05. The van der Waals surface area contributed by atoms with Crippen molar-refractivity contribution >= 4 is 5.91 Å². The summed E-state index contributed by atoms with van der Waals surface area (Å²) in [6, 6.07) is 0.407. The highest BCUT2D eigenvalue weighted by Crippen LogP contribution is 2.24. The fourth-order valence-electron chi connectivity index (χ4n) is 2.17. The predicted molar refractivity (Wildman–Crippen MR) is 62.7 cm³/mol. The van der Waals surface area contributed by atoms with E-state index >= 15 is 0 Å². The number of likely N-dealkylation sites (N-methyl/N-ethyl adjacent to an activating group) is 1. The molecule has 1 rings (SSSR count). The molecule has 0 radical (unpaired) electrons. The number of nitrogens with zero attached hydrogens (tertiary/aromatic N) is 1. The van der Waals surface area contributed by atoms with Gasteiger partial charge in [0, 0.05) is 25.6 Å². The van der Waals surface area contributed by atoms with Crippen LogP contribution in [0.15, 0.2) is 0 Å². The lowest BCUT2D eigenvalue weighted by Crippen LogP contribution is -2.40. The largest absolute Gasteiger partial charge is 0.341 e. The summed E-state index contributed by atoms with van der Waals surface area (Å²) >= 11 is 0. The van der Waals surface area contributed by atoms with Crippen molar-refractivity contribution in [1.29, 1.82) is 0 Å². The zero-order valence-corrected chi connectivity index (χ0v) is 10.4. The Labute approximate surface area is 93.2 Å². The Balaban J connectivity index is 2.40. The summed E-state index contributed by atoms with van der Waals surface area (Å²) in [4.78, 5) is 13.7. The predicted octanol–water partition coefficient (Wildman–Crippen LogP) is 1.49. The van der Waals surface area contributed by atoms with Gasteiger partial charge in [-0.25, -0.2) is 0 Å². The second-order valence-corrected chi connectivity index (χ2v) is 4.97. The molecule has 0 aromatic rings. The van der Waals surface area contributed by atoms with Crippen molar-refractivity contribution in [1.82, 2.24) is 10.2 Å². The molecule has 3 heteroatoms. The summed E-state index contributed by atoms with van der Waals surface area (Å²) in [5.41, 5.74) is 0. The van der Waals surface area contributed by atoms with Gasteiger partial charge in [0.15, 0.2) is 0 Å². The van der Waals surface area contributed by atoms with Gasteiger partial charge in [-0.2, -0.15) is 0 Å². The molecule has 1 saturated heterocycles. The zero-order chi connectivity index (χ0) is 11.4. The SMILES string of the molecule is CCNC(C)CN1CC(C(C)C)CC1=O. The molecular weight excluding hydrogens is 188 g/mol. The van der Waals surface area contributed by atoms with Crippen LogP contribution in [0.4, 0.5) is 0 Å². The van der Waals surface area contributed by atoms with E-state index in [1.54, 1.807) is 0 Å². The van der Waals surface area contributed by atoms with Gasteiger partial charge < -0.3 is 10.2 Å². The first-order chi connectivity index (χ1) is 7.04. The van der Waals surface area contributed by atoms with E-state index < -0.39 is 0 Å². The number of hydrogen-bond donors (Lipinski definition) is 1. The topological polar surface area (TPSA) is 32.3 Å². The maximum atomic E-state index is 11.7. The third-order valence-corrected chi connectivity index (χ3v) is 3.23. The van der Waals surface area contributed by atoms with Crippen molar-refractivity contribution in [3.8, 4) is 0 Å². The van der Waals surface area contributed by atoms with Crippen LogP contribution >= 0.6 is 0 Å². The average Bonchev–Trinajstić information content (AvgIpc) is 2.48. The second kappa shape index (κ2) is 5.50. The molecule has 0 spiro atoms. The lowest BCUT2D eigenvalue weighted by Gasteiger charge is -2.22. The third kappa shape index (κ3) is 3.49. The van der Waals surface area contributed by atoms with Gasteiger partial charge in [0.2, 0.25) is 5.91 Å². The standard InChI is InChI=1S/C12H24N2O/c1-5-13-10(4)7-14-8-11(9(2)3)6-12(14)15/h9-11,13H,5-8H2,1-4H3. The Morgan fingerprint density at radius 2 is 2.13 bits per heavy atom. The average molecular weight is 212 g/mol. The number of nitrogens with one attached hydrogen (secondary N) is 1. The van der Waals surface area contributed by atoms with Crippen LogP contribution in [0, 0.1) is 11.8 Å². The molecular formula is C12H24N2O. The molecule has 88 valence electrons. The first-order valence-electron chi connectivity index (χ1n) is 6.05. The Hall–Kier alpha value is -0.570. The summed E-state index contributed by atoms with van der Waals surface area (Å²) < 4.78 is 0. The van der Waals surface area contributed by atoms with Crippen molar-refractivity contribution in [3.63, 3.8) is 0 Å². The van der Waals surface area contributed by atoms with Crippen LogP contribution in [0.5, 0.6) is 0 Å². The molecule has 0 saturated carbocycles. The summed E-state index contributed by atoms with van der Waals surface area (Å²) in [7, 11) is 0. The van der Waals surface area contributed by atoms with Gasteiger partial charge in [-0.1, -0.05) is 20.8 Å². The molecule has 1 aliphatic heterocycles. The van der Waals surface area contributed by atoms with E-state index in [-0.39, 0.29) is 0 Å². The number of carbonyl (C=O) groups is 1. The summed E-state index contributed by atoms with van der Waals surface area (Å²) in [6.07, 6.45) is 0.747. The lowest BCUT2D eigenvalue weighted by molar-refractivity contribution is -0.128. The van der Waals surface area contributed by atoms with E-state index in [2.05, 4.69) is 33.0 Å². The Morgan fingerprint density at radius 1 is 1.47 bits per heavy atom. The van der Waals surface area contributed by atoms with E-state index in [1.807, 2.05) is 4.90 Å². The van der Waals surface area contributed by atoms with Crippen LogP contribution in [0.3, 0.4) is 0 Å². The Morgan fingerprint density at radius 3 is 2.60 bits per heavy atom. The lowest BCUT2D eigenvalue weighted by atomic mass is 9.95. The van der Waals surface area contributed by atoms with Crippen LogP contribution in [-0.4, -0.2) is 36.5 Å². The maximum Gasteiger partial charge on any atom is 0.222 e. The minimum Gasteiger partial charge on any atom is -0.341 e. The highest BCUT2D eigenvalue weighted by atomic mass is 16.2. The molecule has 1 heterocycles. The molecule has 1 N–H and O–H groups in total. The molecule has 1 fully saturated rings. The van der Waals surface area contributed by atoms with Crippen LogP contribution in [-0.2, 0) is 4.79 Å². The van der Waals surface area contributed by atoms with E-state index in [0.717, 1.165) is 26.1 Å². The smallest absolute Gasteiger partial charge is 0.222 e. The maximum absolute atomic E-state index is 11.7. The normalized spacial score (nSPS) is 23.9. The third-order valence-electron chi connectivity index (χ3n) is 3.23. The first kappa shape index (κ1) is 12.5. The van der Waals surface area contributed by atoms with Crippen molar-refractivity contribution in [2.75, 3.05) is 19.6 Å². The van der Waals surface area contributed by atoms with E-state index in [4.69, 9.17) is 0 Å². The molecule has 0 bridgehead atoms. The van der Waals surface area contributed by atoms with Crippen LogP contribution in [0.1, 0.15) is 34.1 Å². The molecule has 0 aromatic carbocycles. The molecule has 3 nitrogen and oxygen atoms in total. The molecule has 0 aliphatic carbocycles. The monoisotopic (exact) mass is 212 g/mol. The van der Waals surface area contributed by atoms with Gasteiger partial charge in [0.25, 0.3) is 0 Å². The number of likely N-dealkylation sites (tertiary alicyclic amines) is 1. The highest BCUT2D eigenvalue weighted by Gasteiger charge is 2.31. The molecule has 1 aliphatic rings. The minimum absolute atomic E-state index is 0.332. The summed E-state index contributed by atoms with van der Waals surface area (Å²) in [5.74, 6) is 1.51. The molecule has 1 amide bonds. The van der Waals surface area contributed by atoms with Gasteiger partial charge in [-0.15, -0.1) is 0 Å². The zero-order valence-electron chi connectivity index (χ0n) is 10.4. The van der Waals surface area contributed by atoms with Crippen molar-refractivity contribution in [2.24, 2.45) is 11.8 Å². The highest BCUT2D eigenvalue weighted by molar-refractivity contribution is 5.78. The van der Waals surface area contributed by atoms with E-state index in [9.17, 15) is 4.79 Å². The summed E-state index contributed by atoms with van der Waals surface area (Å²) in [6.45, 7) is 11.4. The van der Waals surface area contributed by atoms with Crippen molar-refractivity contribution in [3.05, 3.63) is 0 Å². The van der Waals surface area contributed by atoms with Gasteiger partial charge in [0.05, 0.1) is 0 Å². The van der Waals surface area contributed by atoms with Gasteiger partial charge in [-0.05, 0) is 25.3 Å². The molecule has 0 aromatic heterocycles.